The van der Waals surface area contributed by atoms with Gasteiger partial charge in [0.1, 0.15) is 48.6 Å². The van der Waals surface area contributed by atoms with E-state index in [2.05, 4.69) is 70.9 Å². The lowest BCUT2D eigenvalue weighted by molar-refractivity contribution is -0.112. The summed E-state index contributed by atoms with van der Waals surface area (Å²) < 4.78 is 28.5. The van der Waals surface area contributed by atoms with Gasteiger partial charge in [-0.05, 0) is 312 Å². The van der Waals surface area contributed by atoms with E-state index in [0.717, 1.165) is 92.8 Å². The molecular formula is C109H107Cl5N10O15. The molecule has 0 spiro atoms. The van der Waals surface area contributed by atoms with E-state index in [1.54, 1.807) is 115 Å². The Hall–Kier alpha value is -15.3. The molecule has 0 atom stereocenters. The molecule has 718 valence electrons. The zero-order chi connectivity index (χ0) is 101. The third kappa shape index (κ3) is 35.7. The van der Waals surface area contributed by atoms with Gasteiger partial charge in [-0.2, -0.15) is 0 Å². The predicted octanol–water partition coefficient (Wildman–Crippen LogP) is 21.0. The first-order valence-corrected chi connectivity index (χ1v) is 45.7. The van der Waals surface area contributed by atoms with Crippen LogP contribution in [0.5, 0.6) is 28.7 Å². The number of carbonyl (C=O) groups is 10. The minimum absolute atomic E-state index is 0.172. The molecule has 0 bridgehead atoms. The van der Waals surface area contributed by atoms with Gasteiger partial charge in [-0.25, -0.2) is 0 Å². The SMILES string of the molecule is C#CCOc1cc(/C=C/C(=O)Nc2cc(Cl)ccc2C(=O)NC)ccc1C.C#CCOc1cc(/C=C/C(=O)Nc2ccc(Cl)cc2C(=O)NC)ccc1C.C#CCOc1ccc(/C=C/C(=O)Nc2cc(Cl)ccc2C(=O)NC)cc1C.CNC(=O)c1cc(Cl)ccc1NC(=O)/C=C/c1ccc(OC2CCCC2)c(C)c1.CNC(=O)c1ccc(Cl)cc1NC(=O)/C=C/c1ccc(OC2CCCC2)c(C)c1. The van der Waals surface area contributed by atoms with Crippen LogP contribution in [0.4, 0.5) is 28.4 Å². The number of benzene rings is 10. The van der Waals surface area contributed by atoms with Crippen molar-refractivity contribution in [1.82, 2.24) is 26.6 Å². The molecule has 12 rings (SSSR count). The van der Waals surface area contributed by atoms with Crippen molar-refractivity contribution in [1.29, 1.82) is 0 Å². The summed E-state index contributed by atoms with van der Waals surface area (Å²) in [7, 11) is 7.59. The number of rotatable bonds is 30. The van der Waals surface area contributed by atoms with E-state index >= 15 is 0 Å². The topological polar surface area (TPSA) is 337 Å². The highest BCUT2D eigenvalue weighted by atomic mass is 35.5. The van der Waals surface area contributed by atoms with Gasteiger partial charge in [0.05, 0.1) is 68.5 Å². The van der Waals surface area contributed by atoms with Gasteiger partial charge in [-0.1, -0.05) is 118 Å². The van der Waals surface area contributed by atoms with Gasteiger partial charge in [-0.15, -0.1) is 19.3 Å². The van der Waals surface area contributed by atoms with Gasteiger partial charge in [0.15, 0.2) is 0 Å². The van der Waals surface area contributed by atoms with Gasteiger partial charge < -0.3 is 76.9 Å². The summed E-state index contributed by atoms with van der Waals surface area (Å²) in [6, 6.07) is 51.8. The number of ether oxygens (including phenoxy) is 5. The number of anilines is 5. The molecule has 10 N–H and O–H groups in total. The first-order valence-electron chi connectivity index (χ1n) is 43.8. The van der Waals surface area contributed by atoms with Crippen molar-refractivity contribution < 1.29 is 71.6 Å². The first kappa shape index (κ1) is 109. The molecule has 10 amide bonds. The molecule has 0 heterocycles. The van der Waals surface area contributed by atoms with Crippen molar-refractivity contribution in [3.05, 3.63) is 321 Å². The number of hydrogen-bond acceptors (Lipinski definition) is 15. The molecule has 0 aromatic heterocycles. The molecule has 0 saturated heterocycles. The second kappa shape index (κ2) is 56.3. The van der Waals surface area contributed by atoms with Crippen LogP contribution in [0, 0.1) is 71.7 Å². The van der Waals surface area contributed by atoms with Crippen LogP contribution >= 0.6 is 58.0 Å². The lowest BCUT2D eigenvalue weighted by Gasteiger charge is -2.15. The lowest BCUT2D eigenvalue weighted by atomic mass is 10.1. The molecule has 2 aliphatic rings. The predicted molar refractivity (Wildman–Crippen MR) is 557 cm³/mol. The van der Waals surface area contributed by atoms with Gasteiger partial charge in [0, 0.05) is 90.7 Å². The van der Waals surface area contributed by atoms with E-state index in [1.807, 2.05) is 107 Å². The number of nitrogens with one attached hydrogen (secondary N) is 10. The molecule has 0 unspecified atom stereocenters. The fraction of sp³-hybridized carbons (Fsp3) is 0.211. The van der Waals surface area contributed by atoms with Crippen LogP contribution in [0.1, 0.15) is 159 Å². The molecule has 0 radical (unpaired) electrons. The van der Waals surface area contributed by atoms with E-state index in [9.17, 15) is 47.9 Å². The Morgan fingerprint density at radius 1 is 0.288 bits per heavy atom. The number of halogens is 5. The third-order valence-electron chi connectivity index (χ3n) is 20.8. The Bertz CT molecular complexity index is 6430. The maximum Gasteiger partial charge on any atom is 0.253 e. The van der Waals surface area contributed by atoms with E-state index in [0.29, 0.717) is 105 Å². The summed E-state index contributed by atoms with van der Waals surface area (Å²) in [6.07, 6.45) is 41.0. The second-order valence-corrected chi connectivity index (χ2v) is 33.3. The van der Waals surface area contributed by atoms with Crippen molar-refractivity contribution in [3.8, 4) is 65.8 Å². The molecule has 2 saturated carbocycles. The third-order valence-corrected chi connectivity index (χ3v) is 22.0. The number of amides is 10. The summed E-state index contributed by atoms with van der Waals surface area (Å²) in [5.74, 6) is 7.63. The zero-order valence-corrected chi connectivity index (χ0v) is 82.1. The van der Waals surface area contributed by atoms with Gasteiger partial charge in [0.25, 0.3) is 29.5 Å². The Morgan fingerprint density at radius 3 is 0.813 bits per heavy atom. The number of carbonyl (C=O) groups excluding carboxylic acids is 10. The van der Waals surface area contributed by atoms with E-state index in [-0.39, 0.29) is 78.5 Å². The van der Waals surface area contributed by atoms with E-state index in [4.69, 9.17) is 101 Å². The van der Waals surface area contributed by atoms with Crippen LogP contribution in [0.15, 0.2) is 212 Å². The summed E-state index contributed by atoms with van der Waals surface area (Å²) in [5.41, 5.74) is 12.5. The number of hydrogen-bond donors (Lipinski definition) is 10. The summed E-state index contributed by atoms with van der Waals surface area (Å²) >= 11 is 29.8. The fourth-order valence-corrected chi connectivity index (χ4v) is 14.6. The second-order valence-electron chi connectivity index (χ2n) is 31.1. The molecule has 30 heteroatoms. The highest BCUT2D eigenvalue weighted by molar-refractivity contribution is 6.33. The molecule has 10 aromatic rings. The van der Waals surface area contributed by atoms with Crippen LogP contribution in [-0.4, -0.2) is 126 Å². The van der Waals surface area contributed by atoms with Crippen LogP contribution < -0.4 is 76.9 Å². The summed E-state index contributed by atoms with van der Waals surface area (Å²) in [6.45, 7) is 10.3. The summed E-state index contributed by atoms with van der Waals surface area (Å²) in [5, 5.41) is 28.2. The van der Waals surface area contributed by atoms with Gasteiger partial charge in [0.2, 0.25) is 29.5 Å². The standard InChI is InChI=1S/2C23H25ClN2O3.3C21H19ClN2O3/c1-15-13-16(7-11-21(15)29-18-5-3-4-6-18)8-12-22(27)26-20-10-9-17(24)14-19(20)23(28)25-2;1-15-13-16(7-11-21(15)29-18-5-3-4-6-18)8-12-22(27)26-20-14-17(24)9-10-19(20)23(28)25-2;1-4-11-27-19-9-5-15(12-14(19)2)6-10-20(25)24-18-13-16(22)7-8-17(18)21(26)23-3;1-4-11-27-19-12-15(6-5-14(19)2)7-10-20(25)24-18-9-8-16(22)13-17(18)21(26)23-3;1-4-11-27-19-12-15(6-5-14(19)2)7-10-20(25)24-18-13-16(22)8-9-17(18)21(26)23-3/h2*7-14,18H,3-6H2,1-2H3,(H,25,28)(H,26,27);3*1,5-10,12-13H,11H2,2-3H3,(H,23,26)(H,24,25)/b2*12-8+;10-6+;2*10-7+. The van der Waals surface area contributed by atoms with Crippen LogP contribution in [0.3, 0.4) is 0 Å². The lowest BCUT2D eigenvalue weighted by Crippen LogP contribution is -2.20. The average Bonchev–Trinajstić information content (AvgIpc) is 1.42. The van der Waals surface area contributed by atoms with Crippen molar-refractivity contribution in [3.63, 3.8) is 0 Å². The van der Waals surface area contributed by atoms with Crippen molar-refractivity contribution in [2.75, 3.05) is 81.6 Å². The minimum Gasteiger partial charge on any atom is -0.490 e. The van der Waals surface area contributed by atoms with Crippen molar-refractivity contribution in [2.45, 2.75) is 98.2 Å². The highest BCUT2D eigenvalue weighted by Crippen LogP contribution is 2.33. The molecule has 25 nitrogen and oxygen atoms in total. The van der Waals surface area contributed by atoms with Crippen LogP contribution in [-0.2, 0) is 24.0 Å². The Morgan fingerprint density at radius 2 is 0.532 bits per heavy atom. The van der Waals surface area contributed by atoms with Crippen molar-refractivity contribution in [2.24, 2.45) is 0 Å². The van der Waals surface area contributed by atoms with Crippen LogP contribution in [0.2, 0.25) is 25.1 Å². The maximum atomic E-state index is 12.3. The molecular weight excluding hydrogens is 1870 g/mol. The zero-order valence-electron chi connectivity index (χ0n) is 78.3. The van der Waals surface area contributed by atoms with Gasteiger partial charge >= 0.3 is 0 Å². The fourth-order valence-electron chi connectivity index (χ4n) is 13.7. The molecule has 0 aliphatic heterocycles. The molecule has 139 heavy (non-hydrogen) atoms. The molecule has 10 aromatic carbocycles. The van der Waals surface area contributed by atoms with Gasteiger partial charge in [-0.3, -0.25) is 47.9 Å². The van der Waals surface area contributed by atoms with Crippen molar-refractivity contribution >= 4 is 176 Å². The highest BCUT2D eigenvalue weighted by Gasteiger charge is 2.22. The maximum absolute atomic E-state index is 12.3. The quantitative estimate of drug-likeness (QED) is 0.0148. The van der Waals surface area contributed by atoms with E-state index in [1.165, 1.54) is 116 Å². The normalized spacial score (nSPS) is 11.9. The average molecular weight is 1970 g/mol. The van der Waals surface area contributed by atoms with E-state index < -0.39 is 5.91 Å². The Kier molecular flexibility index (Phi) is 44.2. The Labute approximate surface area is 835 Å². The first-order chi connectivity index (χ1) is 66.7. The minimum atomic E-state index is -0.394. The Balaban J connectivity index is 0.000000213. The monoisotopic (exact) mass is 1970 g/mol. The smallest absolute Gasteiger partial charge is 0.253 e. The molecule has 2 fully saturated rings. The molecule has 2 aliphatic carbocycles. The summed E-state index contributed by atoms with van der Waals surface area (Å²) in [4.78, 5) is 121. The number of aryl methyl sites for hydroxylation is 5. The largest absolute Gasteiger partial charge is 0.490 e. The number of terminal acetylenes is 3. The van der Waals surface area contributed by atoms with Crippen LogP contribution in [0.25, 0.3) is 30.4 Å².